The van der Waals surface area contributed by atoms with Gasteiger partial charge in [0, 0.05) is 12.0 Å². The van der Waals surface area contributed by atoms with Crippen LogP contribution in [0.15, 0.2) is 77.3 Å². The average Bonchev–Trinajstić information content (AvgIpc) is 2.70. The molecule has 0 aliphatic rings. The number of hydrogen-bond acceptors (Lipinski definition) is 4. The first-order valence-electron chi connectivity index (χ1n) is 8.39. The van der Waals surface area contributed by atoms with Crippen molar-refractivity contribution in [2.75, 3.05) is 6.61 Å². The molecule has 0 unspecified atom stereocenters. The van der Waals surface area contributed by atoms with Gasteiger partial charge in [-0.2, -0.15) is 0 Å². The van der Waals surface area contributed by atoms with Gasteiger partial charge >= 0.3 is 5.97 Å². The van der Waals surface area contributed by atoms with Gasteiger partial charge < -0.3 is 9.47 Å². The zero-order valence-electron chi connectivity index (χ0n) is 14.4. The minimum Gasteiger partial charge on any atom is -0.492 e. The quantitative estimate of drug-likeness (QED) is 0.300. The Balaban J connectivity index is 1.61. The van der Waals surface area contributed by atoms with Gasteiger partial charge in [-0.25, -0.2) is 4.79 Å². The van der Waals surface area contributed by atoms with Gasteiger partial charge in [0.1, 0.15) is 17.8 Å². The van der Waals surface area contributed by atoms with E-state index in [2.05, 4.69) is 28.1 Å². The summed E-state index contributed by atoms with van der Waals surface area (Å²) in [4.78, 5) is 23.1. The maximum absolute atomic E-state index is 12.3. The van der Waals surface area contributed by atoms with E-state index in [4.69, 9.17) is 9.47 Å². The Hall–Kier alpha value is -2.92. The van der Waals surface area contributed by atoms with Gasteiger partial charge in [0.15, 0.2) is 0 Å². The topological polar surface area (TPSA) is 52.6 Å². The second-order valence-corrected chi connectivity index (χ2v) is 6.66. The number of carbonyl (C=O) groups is 2. The third-order valence-electron chi connectivity index (χ3n) is 3.86. The standard InChI is InChI=1S/C22H17BrO4/c23-20-14-18(22(25)27-19-8-4-7-17(13-19)15-24)9-10-21(20)26-12-11-16-5-2-1-3-6-16/h1-10,13-15H,11-12H2. The Morgan fingerprint density at radius 1 is 0.963 bits per heavy atom. The molecule has 0 heterocycles. The predicted molar refractivity (Wildman–Crippen MR) is 107 cm³/mol. The van der Waals surface area contributed by atoms with Gasteiger partial charge in [-0.1, -0.05) is 42.5 Å². The number of hydrogen-bond donors (Lipinski definition) is 0. The molecule has 3 aromatic rings. The van der Waals surface area contributed by atoms with Crippen LogP contribution in [0.3, 0.4) is 0 Å². The van der Waals surface area contributed by atoms with Crippen molar-refractivity contribution in [3.05, 3.63) is 94.0 Å². The van der Waals surface area contributed by atoms with E-state index in [-0.39, 0.29) is 0 Å². The van der Waals surface area contributed by atoms with Crippen molar-refractivity contribution in [2.24, 2.45) is 0 Å². The molecule has 4 nitrogen and oxygen atoms in total. The lowest BCUT2D eigenvalue weighted by Gasteiger charge is -2.10. The van der Waals surface area contributed by atoms with Gasteiger partial charge in [-0.05, 0) is 51.8 Å². The third-order valence-corrected chi connectivity index (χ3v) is 4.48. The van der Waals surface area contributed by atoms with E-state index in [0.717, 1.165) is 6.42 Å². The average molecular weight is 425 g/mol. The summed E-state index contributed by atoms with van der Waals surface area (Å²) in [6.07, 6.45) is 1.50. The Kier molecular flexibility index (Phi) is 6.39. The molecule has 0 saturated heterocycles. The molecule has 0 fully saturated rings. The van der Waals surface area contributed by atoms with Crippen molar-refractivity contribution in [1.29, 1.82) is 0 Å². The minimum atomic E-state index is -0.505. The Labute approximate surface area is 165 Å². The molecule has 136 valence electrons. The van der Waals surface area contributed by atoms with Crippen LogP contribution in [0.4, 0.5) is 0 Å². The van der Waals surface area contributed by atoms with E-state index in [1.165, 1.54) is 11.6 Å². The van der Waals surface area contributed by atoms with Gasteiger partial charge in [-0.3, -0.25) is 4.79 Å². The van der Waals surface area contributed by atoms with Crippen molar-refractivity contribution in [3.8, 4) is 11.5 Å². The number of halogens is 1. The Morgan fingerprint density at radius 3 is 2.52 bits per heavy atom. The lowest BCUT2D eigenvalue weighted by atomic mass is 10.2. The SMILES string of the molecule is O=Cc1cccc(OC(=O)c2ccc(OCCc3ccccc3)c(Br)c2)c1. The number of carbonyl (C=O) groups excluding carboxylic acids is 2. The Bertz CT molecular complexity index is 938. The van der Waals surface area contributed by atoms with Crippen LogP contribution in [-0.4, -0.2) is 18.9 Å². The summed E-state index contributed by atoms with van der Waals surface area (Å²) < 4.78 is 11.8. The van der Waals surface area contributed by atoms with Crippen LogP contribution < -0.4 is 9.47 Å². The molecule has 0 N–H and O–H groups in total. The maximum Gasteiger partial charge on any atom is 0.343 e. The zero-order valence-corrected chi connectivity index (χ0v) is 16.0. The maximum atomic E-state index is 12.3. The lowest BCUT2D eigenvalue weighted by Crippen LogP contribution is -2.09. The van der Waals surface area contributed by atoms with Crippen molar-refractivity contribution < 1.29 is 19.1 Å². The number of esters is 1. The highest BCUT2D eigenvalue weighted by Gasteiger charge is 2.12. The fraction of sp³-hybridized carbons (Fsp3) is 0.0909. The molecule has 0 spiro atoms. The second kappa shape index (κ2) is 9.14. The van der Waals surface area contributed by atoms with Crippen molar-refractivity contribution in [3.63, 3.8) is 0 Å². The number of aldehydes is 1. The van der Waals surface area contributed by atoms with E-state index in [1.807, 2.05) is 18.2 Å². The van der Waals surface area contributed by atoms with Gasteiger partial charge in [0.25, 0.3) is 0 Å². The fourth-order valence-corrected chi connectivity index (χ4v) is 2.98. The van der Waals surface area contributed by atoms with E-state index in [0.29, 0.717) is 40.0 Å². The van der Waals surface area contributed by atoms with E-state index >= 15 is 0 Å². The van der Waals surface area contributed by atoms with Gasteiger partial charge in [0.2, 0.25) is 0 Å². The summed E-state index contributed by atoms with van der Waals surface area (Å²) in [7, 11) is 0. The summed E-state index contributed by atoms with van der Waals surface area (Å²) in [6, 6.07) is 21.6. The summed E-state index contributed by atoms with van der Waals surface area (Å²) in [5, 5.41) is 0. The molecule has 27 heavy (non-hydrogen) atoms. The molecule has 3 aromatic carbocycles. The van der Waals surface area contributed by atoms with Crippen LogP contribution in [0.2, 0.25) is 0 Å². The Morgan fingerprint density at radius 2 is 1.78 bits per heavy atom. The number of benzene rings is 3. The lowest BCUT2D eigenvalue weighted by molar-refractivity contribution is 0.0734. The second-order valence-electron chi connectivity index (χ2n) is 5.81. The van der Waals surface area contributed by atoms with Crippen molar-refractivity contribution in [1.82, 2.24) is 0 Å². The number of rotatable bonds is 7. The highest BCUT2D eigenvalue weighted by molar-refractivity contribution is 9.10. The van der Waals surface area contributed by atoms with Crippen LogP contribution in [0.25, 0.3) is 0 Å². The molecule has 0 amide bonds. The summed E-state index contributed by atoms with van der Waals surface area (Å²) in [6.45, 7) is 0.533. The number of ether oxygens (including phenoxy) is 2. The highest BCUT2D eigenvalue weighted by atomic mass is 79.9. The van der Waals surface area contributed by atoms with Crippen LogP contribution in [0, 0.1) is 0 Å². The van der Waals surface area contributed by atoms with Crippen LogP contribution in [0.1, 0.15) is 26.3 Å². The molecule has 0 bridgehead atoms. The fourth-order valence-electron chi connectivity index (χ4n) is 2.49. The first kappa shape index (κ1) is 18.9. The van der Waals surface area contributed by atoms with Crippen molar-refractivity contribution >= 4 is 28.2 Å². The third kappa shape index (κ3) is 5.28. The largest absolute Gasteiger partial charge is 0.492 e. The first-order valence-corrected chi connectivity index (χ1v) is 9.19. The first-order chi connectivity index (χ1) is 13.2. The zero-order chi connectivity index (χ0) is 19.1. The van der Waals surface area contributed by atoms with Crippen molar-refractivity contribution in [2.45, 2.75) is 6.42 Å². The van der Waals surface area contributed by atoms with Crippen LogP contribution in [0.5, 0.6) is 11.5 Å². The summed E-state index contributed by atoms with van der Waals surface area (Å²) in [5.74, 6) is 0.476. The molecule has 0 aliphatic heterocycles. The summed E-state index contributed by atoms with van der Waals surface area (Å²) in [5.41, 5.74) is 2.03. The minimum absolute atomic E-state index is 0.323. The molecule has 0 radical (unpaired) electrons. The van der Waals surface area contributed by atoms with Gasteiger partial charge in [-0.15, -0.1) is 0 Å². The molecule has 0 saturated carbocycles. The molecule has 0 aromatic heterocycles. The predicted octanol–water partition coefficient (Wildman–Crippen LogP) is 5.10. The highest BCUT2D eigenvalue weighted by Crippen LogP contribution is 2.27. The molecule has 5 heteroatoms. The smallest absolute Gasteiger partial charge is 0.343 e. The molecule has 0 aliphatic carbocycles. The molecular weight excluding hydrogens is 408 g/mol. The monoisotopic (exact) mass is 424 g/mol. The molecular formula is C22H17BrO4. The normalized spacial score (nSPS) is 10.3. The summed E-state index contributed by atoms with van der Waals surface area (Å²) >= 11 is 3.43. The van der Waals surface area contributed by atoms with E-state index in [9.17, 15) is 9.59 Å². The van der Waals surface area contributed by atoms with E-state index < -0.39 is 5.97 Å². The van der Waals surface area contributed by atoms with Gasteiger partial charge in [0.05, 0.1) is 16.6 Å². The molecule has 3 rings (SSSR count). The molecule has 0 atom stereocenters. The van der Waals surface area contributed by atoms with E-state index in [1.54, 1.807) is 36.4 Å². The van der Waals surface area contributed by atoms with Crippen LogP contribution >= 0.6 is 15.9 Å². The van der Waals surface area contributed by atoms with Crippen LogP contribution in [-0.2, 0) is 6.42 Å².